The van der Waals surface area contributed by atoms with E-state index in [4.69, 9.17) is 4.74 Å². The van der Waals surface area contributed by atoms with Gasteiger partial charge in [-0.1, -0.05) is 20.3 Å². The van der Waals surface area contributed by atoms with Gasteiger partial charge in [-0.25, -0.2) is 0 Å². The molecule has 0 aliphatic carbocycles. The summed E-state index contributed by atoms with van der Waals surface area (Å²) in [6.07, 6.45) is 6.25. The largest absolute Gasteiger partial charge is 0.373 e. The van der Waals surface area contributed by atoms with Crippen LogP contribution >= 0.6 is 0 Å². The van der Waals surface area contributed by atoms with E-state index in [9.17, 15) is 0 Å². The molecule has 3 fully saturated rings. The summed E-state index contributed by atoms with van der Waals surface area (Å²) in [7, 11) is 0. The fourth-order valence-electron chi connectivity index (χ4n) is 4.00. The third kappa shape index (κ3) is 2.21. The summed E-state index contributed by atoms with van der Waals surface area (Å²) >= 11 is 0. The van der Waals surface area contributed by atoms with E-state index in [1.54, 1.807) is 0 Å². The molecular weight excluding hydrogens is 224 g/mol. The lowest BCUT2D eigenvalue weighted by Crippen LogP contribution is -2.61. The van der Waals surface area contributed by atoms with E-state index in [1.807, 2.05) is 0 Å². The first kappa shape index (κ1) is 12.9. The van der Waals surface area contributed by atoms with Gasteiger partial charge in [0.2, 0.25) is 0 Å². The van der Waals surface area contributed by atoms with Gasteiger partial charge in [0.1, 0.15) is 0 Å². The minimum Gasteiger partial charge on any atom is -0.373 e. The minimum absolute atomic E-state index is 0.535. The number of fused-ring (bicyclic) bond motifs is 2. The van der Waals surface area contributed by atoms with Crippen molar-refractivity contribution in [1.82, 2.24) is 10.2 Å². The summed E-state index contributed by atoms with van der Waals surface area (Å²) < 4.78 is 6.05. The Morgan fingerprint density at radius 2 is 2.22 bits per heavy atom. The van der Waals surface area contributed by atoms with Crippen LogP contribution in [0.25, 0.3) is 0 Å². The van der Waals surface area contributed by atoms with E-state index in [-0.39, 0.29) is 0 Å². The van der Waals surface area contributed by atoms with E-state index < -0.39 is 0 Å². The number of hydrogen-bond donors (Lipinski definition) is 1. The van der Waals surface area contributed by atoms with E-state index in [0.717, 1.165) is 12.5 Å². The van der Waals surface area contributed by atoms with Gasteiger partial charge in [0.25, 0.3) is 0 Å². The molecule has 3 saturated heterocycles. The Bertz CT molecular complexity index is 296. The molecule has 0 aromatic carbocycles. The Labute approximate surface area is 111 Å². The van der Waals surface area contributed by atoms with Crippen LogP contribution in [0.2, 0.25) is 0 Å². The van der Waals surface area contributed by atoms with Gasteiger partial charge < -0.3 is 10.1 Å². The predicted octanol–water partition coefficient (Wildman–Crippen LogP) is 2.01. The zero-order valence-electron chi connectivity index (χ0n) is 12.1. The van der Waals surface area contributed by atoms with Gasteiger partial charge in [-0.3, -0.25) is 4.90 Å². The normalized spacial score (nSPS) is 46.5. The van der Waals surface area contributed by atoms with Crippen LogP contribution in [-0.2, 0) is 4.74 Å². The van der Waals surface area contributed by atoms with E-state index in [0.29, 0.717) is 30.3 Å². The third-order valence-electron chi connectivity index (χ3n) is 5.48. The highest BCUT2D eigenvalue weighted by atomic mass is 16.5. The zero-order valence-corrected chi connectivity index (χ0v) is 12.1. The van der Waals surface area contributed by atoms with Gasteiger partial charge >= 0.3 is 0 Å². The predicted molar refractivity (Wildman–Crippen MR) is 73.7 cm³/mol. The standard InChI is InChI=1S/C15H28N2O/c1-4-10(2)13-9-17(11(3)8-16-13)14-7-12-5-6-15(14)18-12/h10-16H,4-9H2,1-3H3. The number of ether oxygens (including phenoxy) is 1. The van der Waals surface area contributed by atoms with Crippen molar-refractivity contribution in [2.24, 2.45) is 5.92 Å². The van der Waals surface area contributed by atoms with Crippen LogP contribution in [0.5, 0.6) is 0 Å². The molecule has 0 radical (unpaired) electrons. The van der Waals surface area contributed by atoms with Gasteiger partial charge in [-0.2, -0.15) is 0 Å². The number of rotatable bonds is 3. The number of hydrogen-bond acceptors (Lipinski definition) is 3. The van der Waals surface area contributed by atoms with Crippen molar-refractivity contribution in [2.75, 3.05) is 13.1 Å². The highest BCUT2D eigenvalue weighted by Crippen LogP contribution is 2.38. The topological polar surface area (TPSA) is 24.5 Å². The summed E-state index contributed by atoms with van der Waals surface area (Å²) in [6.45, 7) is 9.40. The second-order valence-electron chi connectivity index (χ2n) is 6.62. The molecule has 3 aliphatic heterocycles. The van der Waals surface area contributed by atoms with Crippen molar-refractivity contribution >= 4 is 0 Å². The molecule has 3 aliphatic rings. The molecule has 0 aromatic heterocycles. The fourth-order valence-corrected chi connectivity index (χ4v) is 4.00. The molecule has 3 heteroatoms. The van der Waals surface area contributed by atoms with E-state index in [1.165, 1.54) is 32.2 Å². The molecule has 6 atom stereocenters. The highest BCUT2D eigenvalue weighted by molar-refractivity contribution is 4.99. The summed E-state index contributed by atoms with van der Waals surface area (Å²) in [5.41, 5.74) is 0. The first-order valence-electron chi connectivity index (χ1n) is 7.83. The van der Waals surface area contributed by atoms with Crippen molar-refractivity contribution in [3.63, 3.8) is 0 Å². The van der Waals surface area contributed by atoms with E-state index >= 15 is 0 Å². The molecule has 1 N–H and O–H groups in total. The first-order valence-corrected chi connectivity index (χ1v) is 7.83. The Hall–Kier alpha value is -0.120. The lowest BCUT2D eigenvalue weighted by Gasteiger charge is -2.45. The average Bonchev–Trinajstić information content (AvgIpc) is 3.00. The second kappa shape index (κ2) is 5.10. The molecule has 0 aromatic rings. The highest BCUT2D eigenvalue weighted by Gasteiger charge is 2.46. The fraction of sp³-hybridized carbons (Fsp3) is 1.00. The Balaban J connectivity index is 1.66. The third-order valence-corrected chi connectivity index (χ3v) is 5.48. The maximum atomic E-state index is 6.05. The number of nitrogens with zero attached hydrogens (tertiary/aromatic N) is 1. The molecule has 6 unspecified atom stereocenters. The molecule has 0 amide bonds. The van der Waals surface area contributed by atoms with Crippen molar-refractivity contribution in [3.8, 4) is 0 Å². The lowest BCUT2D eigenvalue weighted by atomic mass is 9.89. The van der Waals surface area contributed by atoms with Crippen LogP contribution in [0.1, 0.15) is 46.5 Å². The van der Waals surface area contributed by atoms with Crippen molar-refractivity contribution in [2.45, 2.75) is 76.8 Å². The number of nitrogens with one attached hydrogen (secondary N) is 1. The average molecular weight is 252 g/mol. The van der Waals surface area contributed by atoms with Crippen LogP contribution < -0.4 is 5.32 Å². The summed E-state index contributed by atoms with van der Waals surface area (Å²) in [6, 6.07) is 2.04. The lowest BCUT2D eigenvalue weighted by molar-refractivity contribution is 0.0288. The van der Waals surface area contributed by atoms with Gasteiger partial charge in [0, 0.05) is 31.2 Å². The molecule has 104 valence electrons. The van der Waals surface area contributed by atoms with Crippen molar-refractivity contribution in [1.29, 1.82) is 0 Å². The van der Waals surface area contributed by atoms with Gasteiger partial charge in [-0.05, 0) is 32.1 Å². The smallest absolute Gasteiger partial charge is 0.0736 e. The molecule has 0 saturated carbocycles. The van der Waals surface area contributed by atoms with Crippen molar-refractivity contribution < 1.29 is 4.74 Å². The maximum absolute atomic E-state index is 6.05. The van der Waals surface area contributed by atoms with Crippen molar-refractivity contribution in [3.05, 3.63) is 0 Å². The maximum Gasteiger partial charge on any atom is 0.0736 e. The van der Waals surface area contributed by atoms with Crippen LogP contribution in [0.3, 0.4) is 0 Å². The number of piperazine rings is 1. The first-order chi connectivity index (χ1) is 8.69. The Morgan fingerprint density at radius 1 is 1.39 bits per heavy atom. The minimum atomic E-state index is 0.535. The molecule has 0 spiro atoms. The Morgan fingerprint density at radius 3 is 2.83 bits per heavy atom. The summed E-state index contributed by atoms with van der Waals surface area (Å²) in [4.78, 5) is 2.75. The summed E-state index contributed by atoms with van der Waals surface area (Å²) in [5.74, 6) is 0.777. The second-order valence-corrected chi connectivity index (χ2v) is 6.62. The molecule has 18 heavy (non-hydrogen) atoms. The van der Waals surface area contributed by atoms with Gasteiger partial charge in [-0.15, -0.1) is 0 Å². The van der Waals surface area contributed by atoms with Crippen LogP contribution in [0.4, 0.5) is 0 Å². The van der Waals surface area contributed by atoms with Gasteiger partial charge in [0.15, 0.2) is 0 Å². The van der Waals surface area contributed by atoms with E-state index in [2.05, 4.69) is 31.0 Å². The SMILES string of the molecule is CCC(C)C1CN(C2CC3CCC2O3)C(C)CN1. The Kier molecular flexibility index (Phi) is 3.65. The van der Waals surface area contributed by atoms with Crippen LogP contribution in [0, 0.1) is 5.92 Å². The summed E-state index contributed by atoms with van der Waals surface area (Å²) in [5, 5.41) is 3.73. The quantitative estimate of drug-likeness (QED) is 0.831. The molecule has 3 heterocycles. The molecule has 2 bridgehead atoms. The molecule has 3 nitrogen and oxygen atoms in total. The van der Waals surface area contributed by atoms with Crippen LogP contribution in [-0.4, -0.2) is 48.3 Å². The molecular formula is C15H28N2O. The molecule has 3 rings (SSSR count). The monoisotopic (exact) mass is 252 g/mol. The van der Waals surface area contributed by atoms with Gasteiger partial charge in [0.05, 0.1) is 12.2 Å². The van der Waals surface area contributed by atoms with Crippen LogP contribution in [0.15, 0.2) is 0 Å². The zero-order chi connectivity index (χ0) is 12.7.